The summed E-state index contributed by atoms with van der Waals surface area (Å²) in [6, 6.07) is 6.64. The van der Waals surface area contributed by atoms with Gasteiger partial charge >= 0.3 is 0 Å². The van der Waals surface area contributed by atoms with Gasteiger partial charge in [0.25, 0.3) is 0 Å². The lowest BCUT2D eigenvalue weighted by atomic mass is 10.1. The average Bonchev–Trinajstić information content (AvgIpc) is 2.80. The Morgan fingerprint density at radius 1 is 1.35 bits per heavy atom. The minimum Gasteiger partial charge on any atom is -0.383 e. The van der Waals surface area contributed by atoms with Crippen LogP contribution in [-0.2, 0) is 4.74 Å². The highest BCUT2D eigenvalue weighted by molar-refractivity contribution is 5.32. The fourth-order valence-corrected chi connectivity index (χ4v) is 2.11. The number of benzene rings is 1. The lowest BCUT2D eigenvalue weighted by Crippen LogP contribution is -2.15. The number of nitrogens with zero attached hydrogens (tertiary/aromatic N) is 2. The number of imidazole rings is 1. The Morgan fingerprint density at radius 2 is 2.05 bits per heavy atom. The molecule has 0 aliphatic rings. The molecule has 1 heterocycles. The standard InChI is InChI=1S/C15H20FN3O/c1-11-10-19(15(18-11)17-8-9-20-3)12(2)13-4-6-14(16)7-5-13/h4-7,10,12H,8-9H2,1-3H3,(H,17,18). The summed E-state index contributed by atoms with van der Waals surface area (Å²) < 4.78 is 20.1. The number of aromatic nitrogens is 2. The Hall–Kier alpha value is -1.88. The fourth-order valence-electron chi connectivity index (χ4n) is 2.11. The van der Waals surface area contributed by atoms with Crippen molar-refractivity contribution in [2.75, 3.05) is 25.6 Å². The first-order valence-electron chi connectivity index (χ1n) is 6.65. The van der Waals surface area contributed by atoms with Crippen molar-refractivity contribution in [3.05, 3.63) is 47.5 Å². The van der Waals surface area contributed by atoms with E-state index in [1.54, 1.807) is 19.2 Å². The molecule has 108 valence electrons. The molecule has 0 spiro atoms. The van der Waals surface area contributed by atoms with Crippen LogP contribution < -0.4 is 5.32 Å². The topological polar surface area (TPSA) is 39.1 Å². The largest absolute Gasteiger partial charge is 0.383 e. The lowest BCUT2D eigenvalue weighted by molar-refractivity contribution is 0.210. The van der Waals surface area contributed by atoms with Gasteiger partial charge in [0.05, 0.1) is 18.3 Å². The Bertz CT molecular complexity index is 551. The first-order valence-corrected chi connectivity index (χ1v) is 6.65. The van der Waals surface area contributed by atoms with Crippen LogP contribution in [0.25, 0.3) is 0 Å². The van der Waals surface area contributed by atoms with Crippen LogP contribution in [0.2, 0.25) is 0 Å². The van der Waals surface area contributed by atoms with Gasteiger partial charge in [-0.3, -0.25) is 0 Å². The van der Waals surface area contributed by atoms with Crippen LogP contribution in [0.1, 0.15) is 24.2 Å². The normalized spacial score (nSPS) is 12.4. The molecule has 0 bridgehead atoms. The smallest absolute Gasteiger partial charge is 0.203 e. The number of hydrogen-bond acceptors (Lipinski definition) is 3. The fraction of sp³-hybridized carbons (Fsp3) is 0.400. The maximum atomic E-state index is 13.0. The summed E-state index contributed by atoms with van der Waals surface area (Å²) in [4.78, 5) is 4.47. The van der Waals surface area contributed by atoms with E-state index < -0.39 is 0 Å². The van der Waals surface area contributed by atoms with E-state index in [0.717, 1.165) is 17.2 Å². The van der Waals surface area contributed by atoms with Gasteiger partial charge in [0.1, 0.15) is 5.82 Å². The Balaban J connectivity index is 2.20. The van der Waals surface area contributed by atoms with Gasteiger partial charge in [-0.1, -0.05) is 12.1 Å². The number of halogens is 1. The van der Waals surface area contributed by atoms with Crippen LogP contribution >= 0.6 is 0 Å². The highest BCUT2D eigenvalue weighted by Gasteiger charge is 2.13. The maximum absolute atomic E-state index is 13.0. The summed E-state index contributed by atoms with van der Waals surface area (Å²) in [5, 5.41) is 3.25. The molecule has 0 amide bonds. The van der Waals surface area contributed by atoms with Crippen LogP contribution in [0.15, 0.2) is 30.5 Å². The molecule has 4 nitrogen and oxygen atoms in total. The first-order chi connectivity index (χ1) is 9.61. The van der Waals surface area contributed by atoms with Crippen molar-refractivity contribution < 1.29 is 9.13 Å². The van der Waals surface area contributed by atoms with Crippen molar-refractivity contribution in [1.82, 2.24) is 9.55 Å². The van der Waals surface area contributed by atoms with E-state index in [2.05, 4.69) is 21.8 Å². The third-order valence-corrected chi connectivity index (χ3v) is 3.21. The molecule has 0 aliphatic carbocycles. The minimum absolute atomic E-state index is 0.0850. The number of methoxy groups -OCH3 is 1. The summed E-state index contributed by atoms with van der Waals surface area (Å²) in [5.74, 6) is 0.581. The number of hydrogen-bond donors (Lipinski definition) is 1. The van der Waals surface area contributed by atoms with Crippen molar-refractivity contribution in [3.63, 3.8) is 0 Å². The second-order valence-electron chi connectivity index (χ2n) is 4.76. The van der Waals surface area contributed by atoms with Crippen LogP contribution in [0.3, 0.4) is 0 Å². The molecule has 0 saturated carbocycles. The van der Waals surface area contributed by atoms with E-state index >= 15 is 0 Å². The molecule has 0 radical (unpaired) electrons. The molecular weight excluding hydrogens is 257 g/mol. The van der Waals surface area contributed by atoms with Crippen LogP contribution in [0.5, 0.6) is 0 Å². The van der Waals surface area contributed by atoms with Gasteiger partial charge in [0.2, 0.25) is 5.95 Å². The first kappa shape index (κ1) is 14.5. The Kier molecular flexibility index (Phi) is 4.74. The molecule has 1 unspecified atom stereocenters. The highest BCUT2D eigenvalue weighted by Crippen LogP contribution is 2.23. The molecular formula is C15H20FN3O. The quantitative estimate of drug-likeness (QED) is 0.825. The number of aryl methyl sites for hydroxylation is 1. The molecule has 0 aliphatic heterocycles. The van der Waals surface area contributed by atoms with E-state index in [1.165, 1.54) is 12.1 Å². The van der Waals surface area contributed by atoms with Crippen molar-refractivity contribution in [2.24, 2.45) is 0 Å². The molecule has 1 N–H and O–H groups in total. The zero-order valence-corrected chi connectivity index (χ0v) is 12.1. The lowest BCUT2D eigenvalue weighted by Gasteiger charge is -2.17. The molecule has 2 rings (SSSR count). The third-order valence-electron chi connectivity index (χ3n) is 3.21. The molecule has 0 fully saturated rings. The van der Waals surface area contributed by atoms with Gasteiger partial charge in [-0.15, -0.1) is 0 Å². The van der Waals surface area contributed by atoms with Crippen molar-refractivity contribution in [3.8, 4) is 0 Å². The van der Waals surface area contributed by atoms with Crippen molar-refractivity contribution in [1.29, 1.82) is 0 Å². The molecule has 1 atom stereocenters. The van der Waals surface area contributed by atoms with E-state index in [1.807, 2.05) is 13.1 Å². The van der Waals surface area contributed by atoms with Gasteiger partial charge in [-0.25, -0.2) is 9.37 Å². The van der Waals surface area contributed by atoms with Gasteiger partial charge in [-0.2, -0.15) is 0 Å². The molecule has 2 aromatic rings. The summed E-state index contributed by atoms with van der Waals surface area (Å²) in [6.45, 7) is 5.34. The van der Waals surface area contributed by atoms with Gasteiger partial charge in [0.15, 0.2) is 0 Å². The van der Waals surface area contributed by atoms with Gasteiger partial charge in [0, 0.05) is 19.9 Å². The van der Waals surface area contributed by atoms with E-state index in [4.69, 9.17) is 4.74 Å². The number of rotatable bonds is 6. The van der Waals surface area contributed by atoms with E-state index in [0.29, 0.717) is 13.2 Å². The van der Waals surface area contributed by atoms with Crippen LogP contribution in [-0.4, -0.2) is 29.8 Å². The summed E-state index contributed by atoms with van der Waals surface area (Å²) in [7, 11) is 1.67. The van der Waals surface area contributed by atoms with Gasteiger partial charge < -0.3 is 14.6 Å². The molecule has 20 heavy (non-hydrogen) atoms. The monoisotopic (exact) mass is 277 g/mol. The molecule has 0 saturated heterocycles. The number of nitrogens with one attached hydrogen (secondary N) is 1. The van der Waals surface area contributed by atoms with Crippen LogP contribution in [0, 0.1) is 12.7 Å². The van der Waals surface area contributed by atoms with Crippen molar-refractivity contribution >= 4 is 5.95 Å². The van der Waals surface area contributed by atoms with Crippen LogP contribution in [0.4, 0.5) is 10.3 Å². The minimum atomic E-state index is -0.221. The number of ether oxygens (including phenoxy) is 1. The zero-order chi connectivity index (χ0) is 14.5. The predicted octanol–water partition coefficient (Wildman–Crippen LogP) is 3.00. The summed E-state index contributed by atoms with van der Waals surface area (Å²) in [5.41, 5.74) is 1.98. The SMILES string of the molecule is COCCNc1nc(C)cn1C(C)c1ccc(F)cc1. The van der Waals surface area contributed by atoms with E-state index in [-0.39, 0.29) is 11.9 Å². The average molecular weight is 277 g/mol. The second kappa shape index (κ2) is 6.52. The van der Waals surface area contributed by atoms with Crippen molar-refractivity contribution in [2.45, 2.75) is 19.9 Å². The van der Waals surface area contributed by atoms with Gasteiger partial charge in [-0.05, 0) is 31.5 Å². The zero-order valence-electron chi connectivity index (χ0n) is 12.1. The maximum Gasteiger partial charge on any atom is 0.203 e. The number of anilines is 1. The second-order valence-corrected chi connectivity index (χ2v) is 4.76. The summed E-state index contributed by atoms with van der Waals surface area (Å²) >= 11 is 0. The van der Waals surface area contributed by atoms with E-state index in [9.17, 15) is 4.39 Å². The Morgan fingerprint density at radius 3 is 2.70 bits per heavy atom. The predicted molar refractivity (Wildman–Crippen MR) is 77.5 cm³/mol. The highest BCUT2D eigenvalue weighted by atomic mass is 19.1. The summed E-state index contributed by atoms with van der Waals surface area (Å²) in [6.07, 6.45) is 1.99. The molecule has 1 aromatic carbocycles. The Labute approximate surface area is 118 Å². The molecule has 5 heteroatoms. The molecule has 1 aromatic heterocycles. The third kappa shape index (κ3) is 3.36.